The standard InChI is InChI=1S/C21H33IN2O2SSi/c1-21(2,3)28(4,5)26-19(16-6-11-25-12-7-16)14-18(24-10-9-23-15-24)20-17(22)8-13-27-20/h8-10,13,15-16,18-19H,6-7,11-12,14H2,1-5H3/t18?,19-/m0/s1. The van der Waals surface area contributed by atoms with Crippen molar-refractivity contribution in [2.75, 3.05) is 13.2 Å². The molecule has 3 rings (SSSR count). The van der Waals surface area contributed by atoms with Gasteiger partial charge in [-0.3, -0.25) is 0 Å². The second-order valence-corrected chi connectivity index (χ2v) is 16.1. The maximum Gasteiger partial charge on any atom is 0.192 e. The SMILES string of the molecule is CC(C)(C)[Si](C)(C)O[C@@H](CC(c1sccc1I)n1ccnc1)C1CCOCC1. The van der Waals surface area contributed by atoms with Gasteiger partial charge in [0.15, 0.2) is 8.32 Å². The molecule has 4 nitrogen and oxygen atoms in total. The number of ether oxygens (including phenoxy) is 1. The lowest BCUT2D eigenvalue weighted by molar-refractivity contribution is 0.00657. The molecule has 7 heteroatoms. The van der Waals surface area contributed by atoms with Crippen molar-refractivity contribution < 1.29 is 9.16 Å². The number of nitrogens with zero attached hydrogens (tertiary/aromatic N) is 2. The number of thiophene rings is 1. The summed E-state index contributed by atoms with van der Waals surface area (Å²) in [7, 11) is -1.87. The molecule has 1 fully saturated rings. The van der Waals surface area contributed by atoms with E-state index < -0.39 is 8.32 Å². The molecule has 1 unspecified atom stereocenters. The molecule has 2 aromatic rings. The molecule has 28 heavy (non-hydrogen) atoms. The lowest BCUT2D eigenvalue weighted by Gasteiger charge is -2.43. The number of aromatic nitrogens is 2. The van der Waals surface area contributed by atoms with Crippen LogP contribution in [-0.2, 0) is 9.16 Å². The molecule has 0 saturated carbocycles. The maximum atomic E-state index is 7.06. The Bertz CT molecular complexity index is 736. The molecule has 0 spiro atoms. The van der Waals surface area contributed by atoms with Crippen LogP contribution in [0.1, 0.15) is 51.0 Å². The van der Waals surface area contributed by atoms with E-state index in [1.807, 2.05) is 23.9 Å². The molecule has 0 amide bonds. The van der Waals surface area contributed by atoms with E-state index in [2.05, 4.69) is 83.7 Å². The summed E-state index contributed by atoms with van der Waals surface area (Å²) in [5.74, 6) is 0.562. The average Bonchev–Trinajstić information content (AvgIpc) is 3.30. The molecule has 3 heterocycles. The topological polar surface area (TPSA) is 36.3 Å². The normalized spacial score (nSPS) is 18.9. The van der Waals surface area contributed by atoms with Crippen molar-refractivity contribution in [3.05, 3.63) is 38.6 Å². The van der Waals surface area contributed by atoms with Crippen LogP contribution in [-0.4, -0.2) is 37.2 Å². The van der Waals surface area contributed by atoms with Crippen molar-refractivity contribution in [3.63, 3.8) is 0 Å². The van der Waals surface area contributed by atoms with Crippen LogP contribution in [0.4, 0.5) is 0 Å². The molecular formula is C21H33IN2O2SSi. The Labute approximate surface area is 188 Å². The van der Waals surface area contributed by atoms with Gasteiger partial charge in [0.2, 0.25) is 0 Å². The van der Waals surface area contributed by atoms with Gasteiger partial charge in [-0.25, -0.2) is 4.98 Å². The summed E-state index contributed by atoms with van der Waals surface area (Å²) in [4.78, 5) is 5.74. The zero-order chi connectivity index (χ0) is 20.4. The van der Waals surface area contributed by atoms with Gasteiger partial charge < -0.3 is 13.7 Å². The number of rotatable bonds is 7. The average molecular weight is 533 g/mol. The molecule has 1 aliphatic rings. The van der Waals surface area contributed by atoms with Crippen LogP contribution in [0.2, 0.25) is 18.1 Å². The molecule has 156 valence electrons. The quantitative estimate of drug-likeness (QED) is 0.308. The highest BCUT2D eigenvalue weighted by Crippen LogP contribution is 2.42. The van der Waals surface area contributed by atoms with Gasteiger partial charge in [0.1, 0.15) is 0 Å². The van der Waals surface area contributed by atoms with E-state index in [1.165, 1.54) is 8.45 Å². The third kappa shape index (κ3) is 5.27. The predicted octanol–water partition coefficient (Wildman–Crippen LogP) is 6.35. The van der Waals surface area contributed by atoms with Crippen LogP contribution in [0.5, 0.6) is 0 Å². The van der Waals surface area contributed by atoms with Crippen molar-refractivity contribution in [1.82, 2.24) is 9.55 Å². The van der Waals surface area contributed by atoms with E-state index in [4.69, 9.17) is 9.16 Å². The molecule has 0 N–H and O–H groups in total. The summed E-state index contributed by atoms with van der Waals surface area (Å²) in [6.45, 7) is 13.4. The van der Waals surface area contributed by atoms with Gasteiger partial charge in [0.05, 0.1) is 18.5 Å². The Morgan fingerprint density at radius 1 is 1.36 bits per heavy atom. The minimum Gasteiger partial charge on any atom is -0.414 e. The number of hydrogen-bond acceptors (Lipinski definition) is 4. The van der Waals surface area contributed by atoms with Crippen molar-refractivity contribution in [3.8, 4) is 0 Å². The molecule has 1 saturated heterocycles. The van der Waals surface area contributed by atoms with E-state index in [-0.39, 0.29) is 17.2 Å². The van der Waals surface area contributed by atoms with Gasteiger partial charge in [0.25, 0.3) is 0 Å². The first kappa shape index (κ1) is 22.5. The van der Waals surface area contributed by atoms with Crippen molar-refractivity contribution in [2.45, 2.75) is 70.3 Å². The second-order valence-electron chi connectivity index (χ2n) is 9.26. The van der Waals surface area contributed by atoms with Gasteiger partial charge in [-0.05, 0) is 77.3 Å². The van der Waals surface area contributed by atoms with Crippen LogP contribution in [0.25, 0.3) is 0 Å². The fourth-order valence-electron chi connectivity index (χ4n) is 3.56. The van der Waals surface area contributed by atoms with Gasteiger partial charge in [-0.15, -0.1) is 11.3 Å². The lowest BCUT2D eigenvalue weighted by Crippen LogP contribution is -2.47. The molecule has 0 aromatic carbocycles. The summed E-state index contributed by atoms with van der Waals surface area (Å²) < 4.78 is 16.3. The molecule has 1 aliphatic heterocycles. The van der Waals surface area contributed by atoms with Crippen LogP contribution in [0.3, 0.4) is 0 Å². The summed E-state index contributed by atoms with van der Waals surface area (Å²) in [5.41, 5.74) is 0. The Morgan fingerprint density at radius 2 is 2.07 bits per heavy atom. The predicted molar refractivity (Wildman–Crippen MR) is 128 cm³/mol. The minimum atomic E-state index is -1.87. The molecule has 0 aliphatic carbocycles. The van der Waals surface area contributed by atoms with E-state index >= 15 is 0 Å². The summed E-state index contributed by atoms with van der Waals surface area (Å²) in [5, 5.41) is 2.40. The fourth-order valence-corrected chi connectivity index (χ4v) is 7.03. The second kappa shape index (κ2) is 9.28. The zero-order valence-electron chi connectivity index (χ0n) is 17.7. The number of halogens is 1. The van der Waals surface area contributed by atoms with Gasteiger partial charge >= 0.3 is 0 Å². The monoisotopic (exact) mass is 532 g/mol. The highest BCUT2D eigenvalue weighted by atomic mass is 127. The van der Waals surface area contributed by atoms with Gasteiger partial charge in [-0.1, -0.05) is 20.8 Å². The zero-order valence-corrected chi connectivity index (χ0v) is 21.6. The first-order chi connectivity index (χ1) is 13.2. The number of imidazole rings is 1. The fraction of sp³-hybridized carbons (Fsp3) is 0.667. The summed E-state index contributed by atoms with van der Waals surface area (Å²) >= 11 is 4.31. The third-order valence-corrected chi connectivity index (χ3v) is 13.2. The van der Waals surface area contributed by atoms with Crippen molar-refractivity contribution in [1.29, 1.82) is 0 Å². The molecule has 2 aromatic heterocycles. The molecule has 2 atom stereocenters. The van der Waals surface area contributed by atoms with E-state index in [1.54, 1.807) is 0 Å². The number of hydrogen-bond donors (Lipinski definition) is 0. The van der Waals surface area contributed by atoms with E-state index in [0.717, 1.165) is 32.5 Å². The van der Waals surface area contributed by atoms with Crippen LogP contribution < -0.4 is 0 Å². The molecule has 0 bridgehead atoms. The molecular weight excluding hydrogens is 499 g/mol. The Morgan fingerprint density at radius 3 is 2.61 bits per heavy atom. The third-order valence-electron chi connectivity index (χ3n) is 6.33. The Balaban J connectivity index is 1.90. The highest BCUT2D eigenvalue weighted by Gasteiger charge is 2.42. The largest absolute Gasteiger partial charge is 0.414 e. The highest BCUT2D eigenvalue weighted by molar-refractivity contribution is 14.1. The molecule has 0 radical (unpaired) electrons. The van der Waals surface area contributed by atoms with Crippen LogP contribution >= 0.6 is 33.9 Å². The van der Waals surface area contributed by atoms with E-state index in [9.17, 15) is 0 Å². The van der Waals surface area contributed by atoms with Crippen molar-refractivity contribution >= 4 is 42.2 Å². The Kier molecular flexibility index (Phi) is 7.45. The maximum absolute atomic E-state index is 7.06. The lowest BCUT2D eigenvalue weighted by atomic mass is 9.89. The first-order valence-corrected chi connectivity index (χ1v) is 15.0. The smallest absolute Gasteiger partial charge is 0.192 e. The van der Waals surface area contributed by atoms with Crippen molar-refractivity contribution in [2.24, 2.45) is 5.92 Å². The minimum absolute atomic E-state index is 0.207. The van der Waals surface area contributed by atoms with E-state index in [0.29, 0.717) is 5.92 Å². The summed E-state index contributed by atoms with van der Waals surface area (Å²) in [6.07, 6.45) is 9.35. The Hall–Kier alpha value is -0.223. The van der Waals surface area contributed by atoms with Crippen LogP contribution in [0, 0.1) is 9.49 Å². The van der Waals surface area contributed by atoms with Gasteiger partial charge in [0, 0.05) is 34.1 Å². The first-order valence-electron chi connectivity index (χ1n) is 10.1. The van der Waals surface area contributed by atoms with Gasteiger partial charge in [-0.2, -0.15) is 0 Å². The summed E-state index contributed by atoms with van der Waals surface area (Å²) in [6, 6.07) is 2.48. The van der Waals surface area contributed by atoms with Crippen LogP contribution in [0.15, 0.2) is 30.2 Å².